The molecule has 0 heterocycles. The fraction of sp³-hybridized carbons (Fsp3) is 0.182. The molecule has 1 aromatic carbocycles. The number of ether oxygens (including phenoxy) is 2. The number of carboxylic acids is 1. The molecule has 0 atom stereocenters. The number of carboxylic acid groups (broad SMARTS) is 1. The molecule has 7 nitrogen and oxygen atoms in total. The lowest BCUT2D eigenvalue weighted by molar-refractivity contribution is -0.122. The largest absolute Gasteiger partial charge is 0.483 e. The van der Waals surface area contributed by atoms with E-state index in [-0.39, 0.29) is 11.3 Å². The van der Waals surface area contributed by atoms with Crippen LogP contribution in [0.15, 0.2) is 22.7 Å². The number of hydrogen-bond donors (Lipinski definition) is 2. The number of carbonyl (C=O) groups is 3. The Labute approximate surface area is 116 Å². The SMILES string of the molecule is COC(=O)NC(=O)COc1cc(C(=O)O)ccc1Br. The fourth-order valence-electron chi connectivity index (χ4n) is 1.09. The molecular weight excluding hydrogens is 322 g/mol. The summed E-state index contributed by atoms with van der Waals surface area (Å²) in [5, 5.41) is 10.7. The number of halogens is 1. The van der Waals surface area contributed by atoms with Gasteiger partial charge < -0.3 is 14.6 Å². The Kier molecular flexibility index (Phi) is 5.31. The first kappa shape index (κ1) is 15.0. The molecule has 0 saturated heterocycles. The number of rotatable bonds is 4. The van der Waals surface area contributed by atoms with Crippen molar-refractivity contribution in [3.05, 3.63) is 28.2 Å². The Hall–Kier alpha value is -2.09. The summed E-state index contributed by atoms with van der Waals surface area (Å²) in [6.07, 6.45) is -0.896. The van der Waals surface area contributed by atoms with E-state index in [0.717, 1.165) is 7.11 Å². The minimum atomic E-state index is -1.11. The maximum absolute atomic E-state index is 11.2. The van der Waals surface area contributed by atoms with Gasteiger partial charge >= 0.3 is 12.1 Å². The molecular formula is C11H10BrNO6. The van der Waals surface area contributed by atoms with Crippen molar-refractivity contribution in [2.45, 2.75) is 0 Å². The van der Waals surface area contributed by atoms with E-state index in [1.165, 1.54) is 18.2 Å². The Morgan fingerprint density at radius 2 is 2.05 bits per heavy atom. The second kappa shape index (κ2) is 6.74. The van der Waals surface area contributed by atoms with Gasteiger partial charge in [0, 0.05) is 0 Å². The van der Waals surface area contributed by atoms with Crippen LogP contribution in [0.1, 0.15) is 10.4 Å². The molecule has 1 aromatic rings. The second-order valence-electron chi connectivity index (χ2n) is 3.28. The third-order valence-corrected chi connectivity index (χ3v) is 2.62. The van der Waals surface area contributed by atoms with Crippen LogP contribution in [0.4, 0.5) is 4.79 Å². The van der Waals surface area contributed by atoms with Crippen molar-refractivity contribution < 1.29 is 29.0 Å². The topological polar surface area (TPSA) is 102 Å². The van der Waals surface area contributed by atoms with E-state index in [4.69, 9.17) is 9.84 Å². The molecule has 2 amide bonds. The van der Waals surface area contributed by atoms with E-state index < -0.39 is 24.6 Å². The highest BCUT2D eigenvalue weighted by Crippen LogP contribution is 2.26. The molecule has 0 radical (unpaired) electrons. The molecule has 0 aromatic heterocycles. The highest BCUT2D eigenvalue weighted by molar-refractivity contribution is 9.10. The molecule has 1 rings (SSSR count). The zero-order valence-electron chi connectivity index (χ0n) is 9.81. The smallest absolute Gasteiger partial charge is 0.413 e. The van der Waals surface area contributed by atoms with Gasteiger partial charge in [0.25, 0.3) is 5.91 Å². The first-order valence-electron chi connectivity index (χ1n) is 4.97. The van der Waals surface area contributed by atoms with E-state index in [1.807, 2.05) is 5.32 Å². The van der Waals surface area contributed by atoms with Gasteiger partial charge in [0.1, 0.15) is 5.75 Å². The van der Waals surface area contributed by atoms with Crippen LogP contribution in [0.2, 0.25) is 0 Å². The van der Waals surface area contributed by atoms with Crippen molar-refractivity contribution >= 4 is 33.9 Å². The standard InChI is InChI=1S/C11H10BrNO6/c1-18-11(17)13-9(14)5-19-8-4-6(10(15)16)2-3-7(8)12/h2-4H,5H2,1H3,(H,15,16)(H,13,14,17). The number of aromatic carboxylic acids is 1. The lowest BCUT2D eigenvalue weighted by Gasteiger charge is -2.08. The molecule has 0 unspecified atom stereocenters. The van der Waals surface area contributed by atoms with E-state index in [1.54, 1.807) is 0 Å². The van der Waals surface area contributed by atoms with Gasteiger partial charge in [0.15, 0.2) is 6.61 Å². The van der Waals surface area contributed by atoms with Crippen molar-refractivity contribution in [3.8, 4) is 5.75 Å². The van der Waals surface area contributed by atoms with Gasteiger partial charge in [-0.05, 0) is 34.1 Å². The maximum atomic E-state index is 11.2. The highest BCUT2D eigenvalue weighted by atomic mass is 79.9. The number of nitrogens with one attached hydrogen (secondary N) is 1. The van der Waals surface area contributed by atoms with Gasteiger partial charge in [-0.15, -0.1) is 0 Å². The van der Waals surface area contributed by atoms with Crippen LogP contribution >= 0.6 is 15.9 Å². The van der Waals surface area contributed by atoms with Crippen LogP contribution in [0.5, 0.6) is 5.75 Å². The monoisotopic (exact) mass is 331 g/mol. The first-order valence-corrected chi connectivity index (χ1v) is 5.76. The number of benzene rings is 1. The molecule has 8 heteroatoms. The number of amides is 2. The summed E-state index contributed by atoms with van der Waals surface area (Å²) in [6, 6.07) is 4.13. The van der Waals surface area contributed by atoms with Gasteiger partial charge in [-0.1, -0.05) is 0 Å². The summed E-state index contributed by atoms with van der Waals surface area (Å²) in [5.41, 5.74) is 0.0200. The minimum Gasteiger partial charge on any atom is -0.483 e. The molecule has 0 aliphatic carbocycles. The minimum absolute atomic E-state index is 0.0200. The quantitative estimate of drug-likeness (QED) is 0.864. The molecule has 0 bridgehead atoms. The van der Waals surface area contributed by atoms with Gasteiger partial charge in [-0.25, -0.2) is 9.59 Å². The summed E-state index contributed by atoms with van der Waals surface area (Å²) in [4.78, 5) is 32.8. The van der Waals surface area contributed by atoms with E-state index >= 15 is 0 Å². The molecule has 0 fully saturated rings. The molecule has 0 aliphatic rings. The average Bonchev–Trinajstić information content (AvgIpc) is 2.37. The molecule has 0 spiro atoms. The summed E-state index contributed by atoms with van der Waals surface area (Å²) in [6.45, 7) is -0.448. The zero-order chi connectivity index (χ0) is 14.4. The van der Waals surface area contributed by atoms with Gasteiger partial charge in [0.2, 0.25) is 0 Å². The molecule has 0 aliphatic heterocycles. The summed E-state index contributed by atoms with van der Waals surface area (Å²) >= 11 is 3.15. The number of alkyl carbamates (subject to hydrolysis) is 1. The summed E-state index contributed by atoms with van der Waals surface area (Å²) in [7, 11) is 1.12. The van der Waals surface area contributed by atoms with Crippen LogP contribution in [0.3, 0.4) is 0 Å². The van der Waals surface area contributed by atoms with E-state index in [9.17, 15) is 14.4 Å². The summed E-state index contributed by atoms with van der Waals surface area (Å²) < 4.78 is 9.83. The fourth-order valence-corrected chi connectivity index (χ4v) is 1.45. The van der Waals surface area contributed by atoms with E-state index in [0.29, 0.717) is 4.47 Å². The third kappa shape index (κ3) is 4.59. The Balaban J connectivity index is 2.67. The zero-order valence-corrected chi connectivity index (χ0v) is 11.4. The predicted octanol–water partition coefficient (Wildman–Crippen LogP) is 1.41. The van der Waals surface area contributed by atoms with Gasteiger partial charge in [-0.2, -0.15) is 0 Å². The lowest BCUT2D eigenvalue weighted by Crippen LogP contribution is -2.34. The normalized spacial score (nSPS) is 9.58. The average molecular weight is 332 g/mol. The van der Waals surface area contributed by atoms with Crippen molar-refractivity contribution in [2.75, 3.05) is 13.7 Å². The highest BCUT2D eigenvalue weighted by Gasteiger charge is 2.11. The number of imide groups is 1. The number of methoxy groups -OCH3 is 1. The van der Waals surface area contributed by atoms with E-state index in [2.05, 4.69) is 20.7 Å². The second-order valence-corrected chi connectivity index (χ2v) is 4.13. The molecule has 0 saturated carbocycles. The number of hydrogen-bond acceptors (Lipinski definition) is 5. The Morgan fingerprint density at radius 1 is 1.37 bits per heavy atom. The predicted molar refractivity (Wildman–Crippen MR) is 67.1 cm³/mol. The lowest BCUT2D eigenvalue weighted by atomic mass is 10.2. The van der Waals surface area contributed by atoms with Crippen LogP contribution < -0.4 is 10.1 Å². The molecule has 2 N–H and O–H groups in total. The molecule has 19 heavy (non-hydrogen) atoms. The Bertz CT molecular complexity index is 516. The number of carbonyl (C=O) groups excluding carboxylic acids is 2. The van der Waals surface area contributed by atoms with Crippen molar-refractivity contribution in [1.82, 2.24) is 5.32 Å². The van der Waals surface area contributed by atoms with Crippen molar-refractivity contribution in [3.63, 3.8) is 0 Å². The first-order chi connectivity index (χ1) is 8.93. The van der Waals surface area contributed by atoms with Crippen molar-refractivity contribution in [2.24, 2.45) is 0 Å². The van der Waals surface area contributed by atoms with Gasteiger partial charge in [0.05, 0.1) is 17.1 Å². The third-order valence-electron chi connectivity index (χ3n) is 1.96. The van der Waals surface area contributed by atoms with Gasteiger partial charge in [-0.3, -0.25) is 10.1 Å². The van der Waals surface area contributed by atoms with Crippen LogP contribution in [-0.2, 0) is 9.53 Å². The van der Waals surface area contributed by atoms with Crippen LogP contribution in [0.25, 0.3) is 0 Å². The van der Waals surface area contributed by atoms with Crippen molar-refractivity contribution in [1.29, 1.82) is 0 Å². The van der Waals surface area contributed by atoms with Crippen LogP contribution in [-0.4, -0.2) is 36.8 Å². The summed E-state index contributed by atoms with van der Waals surface area (Å²) in [5.74, 6) is -1.64. The molecule has 102 valence electrons. The maximum Gasteiger partial charge on any atom is 0.413 e. The Morgan fingerprint density at radius 3 is 2.63 bits per heavy atom. The van der Waals surface area contributed by atoms with Crippen LogP contribution in [0, 0.1) is 0 Å².